The van der Waals surface area contributed by atoms with Gasteiger partial charge in [0, 0.05) is 20.8 Å². The van der Waals surface area contributed by atoms with Gasteiger partial charge >= 0.3 is 0 Å². The van der Waals surface area contributed by atoms with Crippen molar-refractivity contribution in [2.45, 2.75) is 52.4 Å². The molecule has 2 atom stereocenters. The molecule has 0 aromatic heterocycles. The summed E-state index contributed by atoms with van der Waals surface area (Å²) >= 11 is 7.64. The molecular weight excluding hydrogens is 716 g/mol. The van der Waals surface area contributed by atoms with Gasteiger partial charge in [0.15, 0.2) is 0 Å². The first kappa shape index (κ1) is 36.5. The van der Waals surface area contributed by atoms with Crippen LogP contribution in [0.4, 0.5) is 0 Å². The molecule has 48 heavy (non-hydrogen) atoms. The summed E-state index contributed by atoms with van der Waals surface area (Å²) in [5.41, 5.74) is 11.4. The summed E-state index contributed by atoms with van der Waals surface area (Å²) in [5.74, 6) is 2.45. The Labute approximate surface area is 307 Å². The lowest BCUT2D eigenvalue weighted by molar-refractivity contribution is 0.207. The van der Waals surface area contributed by atoms with Crippen molar-refractivity contribution in [3.63, 3.8) is 0 Å². The molecule has 8 rings (SSSR count). The summed E-state index contributed by atoms with van der Waals surface area (Å²) in [7, 11) is 4.48. The molecule has 4 heteroatoms. The average Bonchev–Trinajstić information content (AvgIpc) is 3.29. The predicted molar refractivity (Wildman–Crippen MR) is 217 cm³/mol. The molecule has 4 aromatic rings. The van der Waals surface area contributed by atoms with E-state index in [4.69, 9.17) is 0 Å². The summed E-state index contributed by atoms with van der Waals surface area (Å²) in [6.45, 7) is 4.83. The van der Waals surface area contributed by atoms with E-state index in [2.05, 4.69) is 165 Å². The Morgan fingerprint density at radius 2 is 0.771 bits per heavy atom. The molecule has 252 valence electrons. The number of nitrogens with zero attached hydrogens (tertiary/aromatic N) is 2. The van der Waals surface area contributed by atoms with E-state index in [1.54, 1.807) is 0 Å². The highest BCUT2D eigenvalue weighted by Gasteiger charge is 2.33. The molecule has 2 saturated heterocycles. The maximum absolute atomic E-state index is 3.82. The first-order valence-corrected chi connectivity index (χ1v) is 18.5. The Kier molecular flexibility index (Phi) is 12.4. The van der Waals surface area contributed by atoms with E-state index in [1.807, 2.05) is 0 Å². The first-order valence-electron chi connectivity index (χ1n) is 17.0. The number of halogens is 2. The normalized spacial score (nSPS) is 21.1. The largest absolute Gasteiger partial charge is 0.306 e. The van der Waals surface area contributed by atoms with Crippen LogP contribution in [0.25, 0.3) is 21.1 Å². The quantitative estimate of drug-likeness (QED) is 0.200. The van der Waals surface area contributed by atoms with Gasteiger partial charge in [-0.15, -0.1) is 0 Å². The predicted octanol–water partition coefficient (Wildman–Crippen LogP) is 12.0. The number of likely N-dealkylation sites (tertiary alicyclic amines) is 2. The highest BCUT2D eigenvalue weighted by atomic mass is 79.9. The first-order chi connectivity index (χ1) is 22.5. The third kappa shape index (κ3) is 7.53. The molecule has 0 bridgehead atoms. The third-order valence-corrected chi connectivity index (χ3v) is 12.1. The van der Waals surface area contributed by atoms with Gasteiger partial charge in [0.1, 0.15) is 0 Å². The van der Waals surface area contributed by atoms with Gasteiger partial charge in [0.05, 0.1) is 0 Å². The SMILES string of the molecule is C.C.CN1CCC(C2c3ccccc3C=C(Br)c3ccccc32)CC1.CN1CCC(C2c3ccccc3C=C(Br)c3ccccc32)CC1. The number of hydrogen-bond acceptors (Lipinski definition) is 2. The van der Waals surface area contributed by atoms with Gasteiger partial charge in [-0.3, -0.25) is 0 Å². The minimum atomic E-state index is 0. The monoisotopic (exact) mass is 766 g/mol. The van der Waals surface area contributed by atoms with E-state index in [-0.39, 0.29) is 14.9 Å². The van der Waals surface area contributed by atoms with E-state index < -0.39 is 0 Å². The van der Waals surface area contributed by atoms with Crippen molar-refractivity contribution in [1.82, 2.24) is 9.80 Å². The van der Waals surface area contributed by atoms with Gasteiger partial charge in [-0.2, -0.15) is 0 Å². The van der Waals surface area contributed by atoms with Crippen molar-refractivity contribution in [1.29, 1.82) is 0 Å². The lowest BCUT2D eigenvalue weighted by atomic mass is 9.74. The summed E-state index contributed by atoms with van der Waals surface area (Å²) in [6, 6.07) is 35.7. The second kappa shape index (κ2) is 16.3. The number of benzene rings is 4. The average molecular weight is 769 g/mol. The fourth-order valence-corrected chi connectivity index (χ4v) is 9.54. The maximum Gasteiger partial charge on any atom is 0.0256 e. The standard InChI is InChI=1S/2C21H22BrN.2CH4/c2*1-23-12-10-15(11-13-23)21-17-7-3-2-6-16(17)14-20(22)18-8-4-5-9-19(18)21;;/h2*2-9,14-15,21H,10-13H2,1H3;2*1H4. The van der Waals surface area contributed by atoms with Crippen LogP contribution in [0.2, 0.25) is 0 Å². The van der Waals surface area contributed by atoms with E-state index in [0.717, 1.165) is 11.8 Å². The molecule has 4 aliphatic rings. The fraction of sp³-hybridized carbons (Fsp3) is 0.364. The molecule has 2 heterocycles. The molecule has 0 N–H and O–H groups in total. The molecule has 0 amide bonds. The number of hydrogen-bond donors (Lipinski definition) is 0. The van der Waals surface area contributed by atoms with Gasteiger partial charge in [-0.25, -0.2) is 0 Å². The zero-order valence-electron chi connectivity index (χ0n) is 27.0. The van der Waals surface area contributed by atoms with Crippen LogP contribution in [0.15, 0.2) is 97.1 Å². The maximum atomic E-state index is 3.82. The highest BCUT2D eigenvalue weighted by Crippen LogP contribution is 2.47. The molecule has 0 radical (unpaired) electrons. The molecule has 0 saturated carbocycles. The number of piperidine rings is 2. The Hall–Kier alpha value is -2.76. The highest BCUT2D eigenvalue weighted by molar-refractivity contribution is 9.15. The van der Waals surface area contributed by atoms with Crippen molar-refractivity contribution in [3.05, 3.63) is 142 Å². The van der Waals surface area contributed by atoms with E-state index in [1.165, 1.54) is 105 Å². The second-order valence-electron chi connectivity index (χ2n) is 13.7. The van der Waals surface area contributed by atoms with Crippen LogP contribution >= 0.6 is 31.9 Å². The zero-order chi connectivity index (χ0) is 31.6. The summed E-state index contributed by atoms with van der Waals surface area (Å²) < 4.78 is 2.41. The van der Waals surface area contributed by atoms with Crippen LogP contribution in [0.5, 0.6) is 0 Å². The van der Waals surface area contributed by atoms with Crippen LogP contribution in [0, 0.1) is 11.8 Å². The van der Waals surface area contributed by atoms with Crippen molar-refractivity contribution in [2.24, 2.45) is 11.8 Å². The van der Waals surface area contributed by atoms with Crippen molar-refractivity contribution >= 4 is 53.0 Å². The van der Waals surface area contributed by atoms with E-state index in [0.29, 0.717) is 11.8 Å². The van der Waals surface area contributed by atoms with E-state index >= 15 is 0 Å². The lowest BCUT2D eigenvalue weighted by Crippen LogP contribution is -2.33. The van der Waals surface area contributed by atoms with Gasteiger partial charge in [0.2, 0.25) is 0 Å². The van der Waals surface area contributed by atoms with Gasteiger partial charge in [-0.05, 0) is 134 Å². The molecule has 2 fully saturated rings. The van der Waals surface area contributed by atoms with Gasteiger partial charge < -0.3 is 9.80 Å². The van der Waals surface area contributed by atoms with Crippen LogP contribution in [0.1, 0.15) is 96.9 Å². The molecule has 2 nitrogen and oxygen atoms in total. The van der Waals surface area contributed by atoms with Gasteiger partial charge in [-0.1, -0.05) is 144 Å². The van der Waals surface area contributed by atoms with Crippen LogP contribution in [-0.2, 0) is 0 Å². The summed E-state index contributed by atoms with van der Waals surface area (Å²) in [5, 5.41) is 0. The molecule has 2 aliphatic heterocycles. The second-order valence-corrected chi connectivity index (χ2v) is 15.4. The molecule has 4 aromatic carbocycles. The van der Waals surface area contributed by atoms with Crippen molar-refractivity contribution < 1.29 is 0 Å². The Morgan fingerprint density at radius 3 is 1.15 bits per heavy atom. The minimum absolute atomic E-state index is 0. The summed E-state index contributed by atoms with van der Waals surface area (Å²) in [6.07, 6.45) is 9.71. The molecule has 2 unspecified atom stereocenters. The van der Waals surface area contributed by atoms with Crippen molar-refractivity contribution in [3.8, 4) is 0 Å². The smallest absolute Gasteiger partial charge is 0.0256 e. The van der Waals surface area contributed by atoms with Crippen LogP contribution < -0.4 is 0 Å². The molecule has 2 aliphatic carbocycles. The number of fused-ring (bicyclic) bond motifs is 4. The van der Waals surface area contributed by atoms with Crippen molar-refractivity contribution in [2.75, 3.05) is 40.3 Å². The van der Waals surface area contributed by atoms with E-state index in [9.17, 15) is 0 Å². The summed E-state index contributed by atoms with van der Waals surface area (Å²) in [4.78, 5) is 4.92. The minimum Gasteiger partial charge on any atom is -0.306 e. The lowest BCUT2D eigenvalue weighted by Gasteiger charge is -2.35. The third-order valence-electron chi connectivity index (χ3n) is 10.8. The zero-order valence-corrected chi connectivity index (χ0v) is 30.2. The topological polar surface area (TPSA) is 6.48 Å². The fourth-order valence-electron chi connectivity index (χ4n) is 8.33. The Morgan fingerprint density at radius 1 is 0.458 bits per heavy atom. The Balaban J connectivity index is 0.000000180. The number of rotatable bonds is 2. The molecule has 0 spiro atoms. The van der Waals surface area contributed by atoms with Crippen LogP contribution in [0.3, 0.4) is 0 Å². The Bertz CT molecular complexity index is 1610. The van der Waals surface area contributed by atoms with Gasteiger partial charge in [0.25, 0.3) is 0 Å². The van der Waals surface area contributed by atoms with Crippen LogP contribution in [-0.4, -0.2) is 50.1 Å². The molecular formula is C44H52Br2N2.